The number of pyridine rings is 1. The third-order valence-electron chi connectivity index (χ3n) is 5.15. The lowest BCUT2D eigenvalue weighted by molar-refractivity contribution is -0.132. The molecule has 0 bridgehead atoms. The lowest BCUT2D eigenvalue weighted by Gasteiger charge is -2.35. The number of carbonyl (C=O) groups is 1. The van der Waals surface area contributed by atoms with Crippen LogP contribution in [0.2, 0.25) is 0 Å². The molecule has 2 saturated heterocycles. The third-order valence-corrected chi connectivity index (χ3v) is 6.40. The van der Waals surface area contributed by atoms with E-state index in [2.05, 4.69) is 9.88 Å². The number of ether oxygens (including phenoxy) is 1. The molecule has 6 nitrogen and oxygen atoms in total. The number of phenolic OH excluding ortho intramolecular Hbond substituents is 1. The summed E-state index contributed by atoms with van der Waals surface area (Å²) in [6, 6.07) is 9.36. The van der Waals surface area contributed by atoms with Gasteiger partial charge in [-0.05, 0) is 18.6 Å². The molecule has 1 aromatic carbocycles. The van der Waals surface area contributed by atoms with Crippen molar-refractivity contribution in [2.24, 2.45) is 0 Å². The highest BCUT2D eigenvalue weighted by molar-refractivity contribution is 7.99. The Morgan fingerprint density at radius 2 is 2.04 bits per heavy atom. The molecule has 1 amide bonds. The second-order valence-electron chi connectivity index (χ2n) is 6.95. The Balaban J connectivity index is 1.49. The van der Waals surface area contributed by atoms with Gasteiger partial charge in [-0.2, -0.15) is 0 Å². The molecule has 0 aliphatic carbocycles. The van der Waals surface area contributed by atoms with Gasteiger partial charge in [0.05, 0.1) is 18.9 Å². The molecule has 1 aromatic heterocycles. The standard InChI is InChI=1S/C20H25N3O3S/c24-17-4-1-3-15-5-6-16(21-19(15)17)20-23(18(25)7-14-27-20)9-2-8-22-10-12-26-13-11-22/h1,3-6,20,24H,2,7-14H2. The molecule has 0 saturated carbocycles. The predicted octanol–water partition coefficient (Wildman–Crippen LogP) is 2.63. The number of carbonyl (C=O) groups excluding carboxylic acids is 1. The number of phenols is 1. The van der Waals surface area contributed by atoms with Crippen LogP contribution in [0.15, 0.2) is 30.3 Å². The van der Waals surface area contributed by atoms with Crippen molar-refractivity contribution in [2.75, 3.05) is 45.1 Å². The first-order valence-electron chi connectivity index (χ1n) is 9.52. The number of thioether (sulfide) groups is 1. The summed E-state index contributed by atoms with van der Waals surface area (Å²) in [5, 5.41) is 11.0. The Labute approximate surface area is 163 Å². The minimum atomic E-state index is -0.0834. The number of benzene rings is 1. The van der Waals surface area contributed by atoms with Crippen LogP contribution in [-0.2, 0) is 9.53 Å². The molecule has 4 rings (SSSR count). The molecule has 7 heteroatoms. The van der Waals surface area contributed by atoms with Crippen molar-refractivity contribution in [2.45, 2.75) is 18.2 Å². The fraction of sp³-hybridized carbons (Fsp3) is 0.500. The first kappa shape index (κ1) is 18.5. The number of para-hydroxylation sites is 1. The molecule has 144 valence electrons. The Kier molecular flexibility index (Phi) is 5.80. The average Bonchev–Trinajstić information content (AvgIpc) is 2.70. The maximum absolute atomic E-state index is 12.6. The van der Waals surface area contributed by atoms with Crippen LogP contribution in [0.3, 0.4) is 0 Å². The molecule has 0 spiro atoms. The SMILES string of the molecule is O=C1CCSC(c2ccc3cccc(O)c3n2)N1CCCN1CCOCC1. The molecule has 27 heavy (non-hydrogen) atoms. The van der Waals surface area contributed by atoms with E-state index in [1.807, 2.05) is 29.2 Å². The van der Waals surface area contributed by atoms with E-state index in [0.29, 0.717) is 11.9 Å². The van der Waals surface area contributed by atoms with Crippen LogP contribution in [0.4, 0.5) is 0 Å². The van der Waals surface area contributed by atoms with Crippen LogP contribution in [0.1, 0.15) is 23.9 Å². The van der Waals surface area contributed by atoms with Crippen LogP contribution in [0.25, 0.3) is 10.9 Å². The van der Waals surface area contributed by atoms with E-state index in [4.69, 9.17) is 4.74 Å². The van der Waals surface area contributed by atoms with Crippen molar-refractivity contribution in [3.8, 4) is 5.75 Å². The summed E-state index contributed by atoms with van der Waals surface area (Å²) in [7, 11) is 0. The zero-order valence-corrected chi connectivity index (χ0v) is 16.2. The number of rotatable bonds is 5. The van der Waals surface area contributed by atoms with Crippen LogP contribution in [-0.4, -0.2) is 70.9 Å². The van der Waals surface area contributed by atoms with Gasteiger partial charge in [0.25, 0.3) is 0 Å². The topological polar surface area (TPSA) is 65.9 Å². The highest BCUT2D eigenvalue weighted by Gasteiger charge is 2.30. The first-order chi connectivity index (χ1) is 13.2. The summed E-state index contributed by atoms with van der Waals surface area (Å²) in [5.41, 5.74) is 1.44. The van der Waals surface area contributed by atoms with Gasteiger partial charge in [-0.25, -0.2) is 4.98 Å². The normalized spacial score (nSPS) is 21.7. The van der Waals surface area contributed by atoms with E-state index in [1.165, 1.54) is 0 Å². The summed E-state index contributed by atoms with van der Waals surface area (Å²) in [6.07, 6.45) is 1.53. The number of nitrogens with zero attached hydrogens (tertiary/aromatic N) is 3. The zero-order valence-electron chi connectivity index (χ0n) is 15.3. The summed E-state index contributed by atoms with van der Waals surface area (Å²) in [5.74, 6) is 1.18. The lowest BCUT2D eigenvalue weighted by atomic mass is 10.1. The Hall–Kier alpha value is -1.83. The van der Waals surface area contributed by atoms with E-state index in [-0.39, 0.29) is 17.0 Å². The van der Waals surface area contributed by atoms with E-state index in [9.17, 15) is 9.90 Å². The van der Waals surface area contributed by atoms with E-state index in [1.54, 1.807) is 17.8 Å². The van der Waals surface area contributed by atoms with Gasteiger partial charge in [-0.3, -0.25) is 9.69 Å². The summed E-state index contributed by atoms with van der Waals surface area (Å²) in [4.78, 5) is 21.6. The van der Waals surface area contributed by atoms with Gasteiger partial charge in [0.2, 0.25) is 5.91 Å². The summed E-state index contributed by atoms with van der Waals surface area (Å²) >= 11 is 1.76. The number of hydrogen-bond donors (Lipinski definition) is 1. The van der Waals surface area contributed by atoms with Crippen molar-refractivity contribution in [1.29, 1.82) is 0 Å². The van der Waals surface area contributed by atoms with Gasteiger partial charge in [-0.1, -0.05) is 18.2 Å². The highest BCUT2D eigenvalue weighted by atomic mass is 32.2. The number of aromatic nitrogens is 1. The molecule has 2 aliphatic heterocycles. The highest BCUT2D eigenvalue weighted by Crippen LogP contribution is 2.37. The quantitative estimate of drug-likeness (QED) is 0.851. The van der Waals surface area contributed by atoms with Crippen LogP contribution >= 0.6 is 11.8 Å². The zero-order chi connectivity index (χ0) is 18.6. The minimum absolute atomic E-state index is 0.0834. The molecule has 2 aromatic rings. The Bertz CT molecular complexity index is 810. The molecular formula is C20H25N3O3S. The Morgan fingerprint density at radius 1 is 1.19 bits per heavy atom. The van der Waals surface area contributed by atoms with Gasteiger partial charge < -0.3 is 14.7 Å². The molecule has 1 N–H and O–H groups in total. The van der Waals surface area contributed by atoms with Crippen molar-refractivity contribution in [1.82, 2.24) is 14.8 Å². The molecule has 1 unspecified atom stereocenters. The number of morpholine rings is 1. The van der Waals surface area contributed by atoms with Crippen molar-refractivity contribution < 1.29 is 14.6 Å². The molecule has 1 atom stereocenters. The molecule has 3 heterocycles. The number of hydrogen-bond acceptors (Lipinski definition) is 6. The average molecular weight is 388 g/mol. The lowest BCUT2D eigenvalue weighted by Crippen LogP contribution is -2.41. The predicted molar refractivity (Wildman–Crippen MR) is 107 cm³/mol. The monoisotopic (exact) mass is 387 g/mol. The molecular weight excluding hydrogens is 362 g/mol. The van der Waals surface area contributed by atoms with E-state index < -0.39 is 0 Å². The second-order valence-corrected chi connectivity index (χ2v) is 8.14. The van der Waals surface area contributed by atoms with Gasteiger partial charge >= 0.3 is 0 Å². The minimum Gasteiger partial charge on any atom is -0.506 e. The van der Waals surface area contributed by atoms with Gasteiger partial charge in [0.15, 0.2) is 0 Å². The van der Waals surface area contributed by atoms with Gasteiger partial charge in [0.1, 0.15) is 16.6 Å². The van der Waals surface area contributed by atoms with Gasteiger partial charge in [-0.15, -0.1) is 11.8 Å². The van der Waals surface area contributed by atoms with Crippen molar-refractivity contribution in [3.63, 3.8) is 0 Å². The molecule has 2 aliphatic rings. The Morgan fingerprint density at radius 3 is 2.89 bits per heavy atom. The van der Waals surface area contributed by atoms with Crippen LogP contribution in [0.5, 0.6) is 5.75 Å². The third kappa shape index (κ3) is 4.20. The van der Waals surface area contributed by atoms with Crippen LogP contribution < -0.4 is 0 Å². The first-order valence-corrected chi connectivity index (χ1v) is 10.6. The van der Waals surface area contributed by atoms with Crippen LogP contribution in [0, 0.1) is 0 Å². The summed E-state index contributed by atoms with van der Waals surface area (Å²) < 4.78 is 5.39. The van der Waals surface area contributed by atoms with Crippen molar-refractivity contribution >= 4 is 28.6 Å². The molecule has 0 radical (unpaired) electrons. The fourth-order valence-electron chi connectivity index (χ4n) is 3.68. The maximum Gasteiger partial charge on any atom is 0.224 e. The number of fused-ring (bicyclic) bond motifs is 1. The second kappa shape index (κ2) is 8.46. The number of aromatic hydroxyl groups is 1. The van der Waals surface area contributed by atoms with Crippen molar-refractivity contribution in [3.05, 3.63) is 36.0 Å². The van der Waals surface area contributed by atoms with E-state index in [0.717, 1.165) is 62.6 Å². The molecule has 2 fully saturated rings. The smallest absolute Gasteiger partial charge is 0.224 e. The summed E-state index contributed by atoms with van der Waals surface area (Å²) in [6.45, 7) is 5.25. The maximum atomic E-state index is 12.6. The van der Waals surface area contributed by atoms with E-state index >= 15 is 0 Å². The largest absolute Gasteiger partial charge is 0.506 e. The fourth-order valence-corrected chi connectivity index (χ4v) is 4.90. The number of amides is 1. The van der Waals surface area contributed by atoms with Gasteiger partial charge in [0, 0.05) is 43.7 Å².